The highest BCUT2D eigenvalue weighted by atomic mass is 35.5. The summed E-state index contributed by atoms with van der Waals surface area (Å²) in [6, 6.07) is 4.80. The van der Waals surface area contributed by atoms with Crippen LogP contribution in [0.2, 0.25) is 5.02 Å². The molecule has 8 heteroatoms. The average Bonchev–Trinajstić information content (AvgIpc) is 2.49. The summed E-state index contributed by atoms with van der Waals surface area (Å²) in [5, 5.41) is -0.505. The Kier molecular flexibility index (Phi) is 5.06. The minimum Gasteiger partial charge on any atom is -0.397 e. The molecule has 1 aliphatic heterocycles. The summed E-state index contributed by atoms with van der Waals surface area (Å²) in [5.74, 6) is 0.731. The molecule has 0 aliphatic carbocycles. The van der Waals surface area contributed by atoms with Gasteiger partial charge in [-0.15, -0.1) is 0 Å². The number of para-hydroxylation sites is 1. The van der Waals surface area contributed by atoms with E-state index in [4.69, 9.17) is 17.3 Å². The van der Waals surface area contributed by atoms with Crippen molar-refractivity contribution in [2.24, 2.45) is 0 Å². The van der Waals surface area contributed by atoms with Gasteiger partial charge in [-0.25, -0.2) is 8.42 Å². The van der Waals surface area contributed by atoms with Gasteiger partial charge in [0.15, 0.2) is 9.84 Å². The van der Waals surface area contributed by atoms with Crippen LogP contribution in [0.15, 0.2) is 18.2 Å². The zero-order chi connectivity index (χ0) is 15.6. The first kappa shape index (κ1) is 16.5. The Morgan fingerprint density at radius 3 is 2.90 bits per heavy atom. The van der Waals surface area contributed by atoms with Gasteiger partial charge in [-0.05, 0) is 12.1 Å². The molecular weight excluding hydrogens is 332 g/mol. The zero-order valence-corrected chi connectivity index (χ0v) is 14.0. The zero-order valence-electron chi connectivity index (χ0n) is 11.6. The standard InChI is InChI=1S/C13H17ClN2O3S2/c1-2-21(18,19)11-8-20-7-6-16(11)13(17)9-4-3-5-10(14)12(9)15/h3-5,11H,2,6-8,15H2,1H3. The van der Waals surface area contributed by atoms with E-state index < -0.39 is 15.2 Å². The lowest BCUT2D eigenvalue weighted by molar-refractivity contribution is 0.0750. The van der Waals surface area contributed by atoms with Crippen molar-refractivity contribution in [3.8, 4) is 0 Å². The summed E-state index contributed by atoms with van der Waals surface area (Å²) >= 11 is 7.47. The van der Waals surface area contributed by atoms with Crippen LogP contribution in [-0.4, -0.2) is 48.4 Å². The van der Waals surface area contributed by atoms with Crippen molar-refractivity contribution in [3.63, 3.8) is 0 Å². The van der Waals surface area contributed by atoms with Gasteiger partial charge < -0.3 is 10.6 Å². The van der Waals surface area contributed by atoms with Crippen molar-refractivity contribution >= 4 is 44.8 Å². The molecule has 1 unspecified atom stereocenters. The number of halogens is 1. The third kappa shape index (κ3) is 3.30. The number of rotatable bonds is 3. The second-order valence-corrected chi connectivity index (χ2v) is 8.68. The van der Waals surface area contributed by atoms with E-state index in [0.29, 0.717) is 23.1 Å². The lowest BCUT2D eigenvalue weighted by Gasteiger charge is -2.35. The van der Waals surface area contributed by atoms with Crippen LogP contribution in [0.4, 0.5) is 5.69 Å². The number of nitrogen functional groups attached to an aromatic ring is 1. The van der Waals surface area contributed by atoms with Crippen LogP contribution in [0, 0.1) is 0 Å². The van der Waals surface area contributed by atoms with E-state index >= 15 is 0 Å². The van der Waals surface area contributed by atoms with Crippen LogP contribution in [0.1, 0.15) is 17.3 Å². The molecule has 116 valence electrons. The maximum absolute atomic E-state index is 12.7. The molecule has 1 atom stereocenters. The van der Waals surface area contributed by atoms with E-state index in [2.05, 4.69) is 0 Å². The topological polar surface area (TPSA) is 80.5 Å². The van der Waals surface area contributed by atoms with Crippen LogP contribution in [-0.2, 0) is 9.84 Å². The van der Waals surface area contributed by atoms with Gasteiger partial charge in [0.05, 0.1) is 16.3 Å². The molecule has 1 saturated heterocycles. The summed E-state index contributed by atoms with van der Waals surface area (Å²) in [6.07, 6.45) is 0. The number of benzene rings is 1. The lowest BCUT2D eigenvalue weighted by Crippen LogP contribution is -2.50. The number of carbonyl (C=O) groups excluding carboxylic acids is 1. The Morgan fingerprint density at radius 1 is 1.52 bits per heavy atom. The summed E-state index contributed by atoms with van der Waals surface area (Å²) in [5.41, 5.74) is 6.29. The molecule has 1 aromatic carbocycles. The summed E-state index contributed by atoms with van der Waals surface area (Å²) in [7, 11) is -3.34. The Hall–Kier alpha value is -0.920. The number of hydrogen-bond donors (Lipinski definition) is 1. The van der Waals surface area contributed by atoms with Gasteiger partial charge in [-0.2, -0.15) is 11.8 Å². The molecule has 1 amide bonds. The molecule has 1 aliphatic rings. The average molecular weight is 349 g/mol. The van der Waals surface area contributed by atoms with Crippen molar-refractivity contribution in [2.45, 2.75) is 12.3 Å². The fourth-order valence-electron chi connectivity index (χ4n) is 2.18. The number of sulfone groups is 1. The number of nitrogens with two attached hydrogens (primary N) is 1. The van der Waals surface area contributed by atoms with Crippen LogP contribution in [0.5, 0.6) is 0 Å². The molecule has 0 radical (unpaired) electrons. The number of amides is 1. The normalized spacial score (nSPS) is 19.5. The monoisotopic (exact) mass is 348 g/mol. The van der Waals surface area contributed by atoms with Gasteiger partial charge in [0.25, 0.3) is 5.91 Å². The number of hydrogen-bond acceptors (Lipinski definition) is 5. The van der Waals surface area contributed by atoms with E-state index in [1.54, 1.807) is 25.1 Å². The Morgan fingerprint density at radius 2 is 2.24 bits per heavy atom. The second-order valence-electron chi connectivity index (χ2n) is 4.68. The van der Waals surface area contributed by atoms with E-state index in [0.717, 1.165) is 0 Å². The number of thioether (sulfide) groups is 1. The first-order chi connectivity index (χ1) is 9.88. The Labute approximate surface area is 133 Å². The summed E-state index contributed by atoms with van der Waals surface area (Å²) in [4.78, 5) is 14.1. The summed E-state index contributed by atoms with van der Waals surface area (Å²) in [6.45, 7) is 1.98. The van der Waals surface area contributed by atoms with Crippen molar-refractivity contribution in [2.75, 3.05) is 29.5 Å². The molecular formula is C13H17ClN2O3S2. The molecule has 21 heavy (non-hydrogen) atoms. The highest BCUT2D eigenvalue weighted by molar-refractivity contribution is 8.01. The molecule has 1 heterocycles. The van der Waals surface area contributed by atoms with Gasteiger partial charge in [-0.1, -0.05) is 24.6 Å². The third-order valence-electron chi connectivity index (χ3n) is 3.45. The van der Waals surface area contributed by atoms with Gasteiger partial charge >= 0.3 is 0 Å². The highest BCUT2D eigenvalue weighted by Crippen LogP contribution is 2.28. The van der Waals surface area contributed by atoms with Crippen LogP contribution in [0.3, 0.4) is 0 Å². The fraction of sp³-hybridized carbons (Fsp3) is 0.462. The van der Waals surface area contributed by atoms with E-state index in [1.165, 1.54) is 16.7 Å². The number of nitrogens with zero attached hydrogens (tertiary/aromatic N) is 1. The second kappa shape index (κ2) is 6.46. The van der Waals surface area contributed by atoms with Crippen molar-refractivity contribution in [1.82, 2.24) is 4.90 Å². The number of carbonyl (C=O) groups is 1. The highest BCUT2D eigenvalue weighted by Gasteiger charge is 2.36. The van der Waals surface area contributed by atoms with Gasteiger partial charge in [0.2, 0.25) is 0 Å². The van der Waals surface area contributed by atoms with Crippen LogP contribution >= 0.6 is 23.4 Å². The van der Waals surface area contributed by atoms with Crippen LogP contribution < -0.4 is 5.73 Å². The fourth-order valence-corrected chi connectivity index (χ4v) is 5.32. The predicted molar refractivity (Wildman–Crippen MR) is 87.5 cm³/mol. The summed E-state index contributed by atoms with van der Waals surface area (Å²) < 4.78 is 24.4. The van der Waals surface area contributed by atoms with E-state index in [1.807, 2.05) is 0 Å². The maximum Gasteiger partial charge on any atom is 0.257 e. The Bertz CT molecular complexity index is 649. The van der Waals surface area contributed by atoms with Gasteiger partial charge in [-0.3, -0.25) is 4.79 Å². The molecule has 2 rings (SSSR count). The maximum atomic E-state index is 12.7. The quantitative estimate of drug-likeness (QED) is 0.843. The molecule has 0 aromatic heterocycles. The van der Waals surface area contributed by atoms with Gasteiger partial charge in [0.1, 0.15) is 5.37 Å². The van der Waals surface area contributed by atoms with Crippen LogP contribution in [0.25, 0.3) is 0 Å². The Balaban J connectivity index is 2.38. The molecule has 1 aromatic rings. The minimum atomic E-state index is -3.34. The molecule has 0 spiro atoms. The van der Waals surface area contributed by atoms with E-state index in [-0.39, 0.29) is 22.9 Å². The first-order valence-electron chi connectivity index (χ1n) is 6.52. The molecule has 5 nitrogen and oxygen atoms in total. The van der Waals surface area contributed by atoms with Gasteiger partial charge in [0, 0.05) is 23.8 Å². The molecule has 0 bridgehead atoms. The molecule has 1 fully saturated rings. The largest absolute Gasteiger partial charge is 0.397 e. The van der Waals surface area contributed by atoms with Crippen molar-refractivity contribution in [1.29, 1.82) is 0 Å². The molecule has 0 saturated carbocycles. The van der Waals surface area contributed by atoms with Crippen molar-refractivity contribution in [3.05, 3.63) is 28.8 Å². The minimum absolute atomic E-state index is 0.00698. The smallest absolute Gasteiger partial charge is 0.257 e. The predicted octanol–water partition coefficient (Wildman–Crippen LogP) is 1.87. The molecule has 2 N–H and O–H groups in total. The third-order valence-corrected chi connectivity index (χ3v) is 7.06. The van der Waals surface area contributed by atoms with Crippen molar-refractivity contribution < 1.29 is 13.2 Å². The number of anilines is 1. The van der Waals surface area contributed by atoms with E-state index in [9.17, 15) is 13.2 Å². The first-order valence-corrected chi connectivity index (χ1v) is 9.77. The SMILES string of the molecule is CCS(=O)(=O)C1CSCCN1C(=O)c1cccc(Cl)c1N. The lowest BCUT2D eigenvalue weighted by atomic mass is 10.1.